The molecule has 0 heterocycles. The molecule has 0 amide bonds. The molecule has 0 saturated heterocycles. The summed E-state index contributed by atoms with van der Waals surface area (Å²) in [6.45, 7) is 2.06. The molecule has 0 aliphatic rings. The molecule has 0 bridgehead atoms. The summed E-state index contributed by atoms with van der Waals surface area (Å²) in [6.07, 6.45) is 0. The van der Waals surface area contributed by atoms with E-state index < -0.39 is 10.1 Å². The van der Waals surface area contributed by atoms with Crippen LogP contribution in [0.2, 0.25) is 0 Å². The Morgan fingerprint density at radius 3 is 2.44 bits per heavy atom. The van der Waals surface area contributed by atoms with Crippen molar-refractivity contribution in [3.63, 3.8) is 0 Å². The average molecular weight is 189 g/mol. The second-order valence-corrected chi connectivity index (χ2v) is 7.39. The van der Waals surface area contributed by atoms with Gasteiger partial charge in [0.2, 0.25) is 0 Å². The first-order chi connectivity index (χ1) is 4.06. The molecule has 0 N–H and O–H groups in total. The van der Waals surface area contributed by atoms with Crippen LogP contribution in [0.15, 0.2) is 0 Å². The molecule has 0 radical (unpaired) electrons. The molecule has 0 aliphatic heterocycles. The van der Waals surface area contributed by atoms with E-state index in [4.69, 9.17) is 0 Å². The Morgan fingerprint density at radius 2 is 2.11 bits per heavy atom. The van der Waals surface area contributed by atoms with Crippen LogP contribution in [0, 0.1) is 0 Å². The van der Waals surface area contributed by atoms with Crippen molar-refractivity contribution in [1.82, 2.24) is 0 Å². The van der Waals surface area contributed by atoms with Crippen molar-refractivity contribution in [2.45, 2.75) is 0 Å². The van der Waals surface area contributed by atoms with Crippen LogP contribution in [0.4, 0.5) is 0 Å². The van der Waals surface area contributed by atoms with Crippen LogP contribution >= 0.6 is 17.2 Å². The van der Waals surface area contributed by atoms with E-state index in [0.29, 0.717) is 8.58 Å². The zero-order chi connectivity index (χ0) is 7.33. The van der Waals surface area contributed by atoms with Crippen LogP contribution in [0.25, 0.3) is 0 Å². The number of rotatable bonds is 4. The predicted molar refractivity (Wildman–Crippen MR) is 44.8 cm³/mol. The van der Waals surface area contributed by atoms with Gasteiger partial charge in [0, 0.05) is 23.8 Å². The maximum Gasteiger partial charge on any atom is 0.151 e. The van der Waals surface area contributed by atoms with E-state index in [1.807, 2.05) is 0 Å². The number of hydrogen-bond acceptors (Lipinski definition) is 3. The van der Waals surface area contributed by atoms with Crippen molar-refractivity contribution >= 4 is 27.3 Å². The molecule has 0 spiro atoms. The first-order valence-corrected chi connectivity index (χ1v) is 7.77. The Bertz CT molecular complexity index is 152. The van der Waals surface area contributed by atoms with Gasteiger partial charge in [0.05, 0.1) is 0 Å². The largest absolute Gasteiger partial charge is 0.745 e. The highest BCUT2D eigenvalue weighted by atomic mass is 32.2. The summed E-state index contributed by atoms with van der Waals surface area (Å²) >= 11 is 0. The monoisotopic (exact) mass is 189 g/mol. The summed E-state index contributed by atoms with van der Waals surface area (Å²) in [6, 6.07) is 0. The van der Waals surface area contributed by atoms with Gasteiger partial charge in [-0.15, -0.1) is 0 Å². The smallest absolute Gasteiger partial charge is 0.151 e. The minimum atomic E-state index is -3.90. The van der Waals surface area contributed by atoms with Gasteiger partial charge in [0.1, 0.15) is 15.6 Å². The minimum absolute atomic E-state index is 0.103. The average Bonchev–Trinajstić information content (AvgIpc) is 1.63. The summed E-state index contributed by atoms with van der Waals surface area (Å²) in [4.78, 5) is 0. The van der Waals surface area contributed by atoms with E-state index >= 15 is 0 Å². The molecule has 0 fully saturated rings. The molecule has 56 valence electrons. The number of hydrogen-bond donors (Lipinski definition) is 0. The van der Waals surface area contributed by atoms with Gasteiger partial charge >= 0.3 is 0 Å². The lowest BCUT2D eigenvalue weighted by molar-refractivity contribution is 0.468. The topological polar surface area (TPSA) is 57.2 Å². The molecular weight excluding hydrogens is 178 g/mol. The van der Waals surface area contributed by atoms with Crippen molar-refractivity contribution in [3.8, 4) is 0 Å². The first kappa shape index (κ1) is 9.77. The highest BCUT2D eigenvalue weighted by molar-refractivity contribution is 7.91. The molecule has 0 rings (SSSR count). The normalized spacial score (nSPS) is 14.4. The quantitative estimate of drug-likeness (QED) is 0.352. The third kappa shape index (κ3) is 8.77. The lowest BCUT2D eigenvalue weighted by Gasteiger charge is -1.98. The SMILES string of the molecule is C[PH2+]C[PH2+]CS(=O)(=O)[O-]. The van der Waals surface area contributed by atoms with Crippen LogP contribution in [0.1, 0.15) is 0 Å². The lowest BCUT2D eigenvalue weighted by atomic mass is 11.8. The van der Waals surface area contributed by atoms with E-state index in [1.54, 1.807) is 0 Å². The van der Waals surface area contributed by atoms with Crippen molar-refractivity contribution in [2.75, 3.05) is 18.1 Å². The Labute approximate surface area is 58.9 Å². The fraction of sp³-hybridized carbons (Fsp3) is 1.00. The maximum absolute atomic E-state index is 9.98. The third-order valence-electron chi connectivity index (χ3n) is 0.724. The van der Waals surface area contributed by atoms with Gasteiger partial charge in [-0.1, -0.05) is 0 Å². The fourth-order valence-electron chi connectivity index (χ4n) is 0.379. The molecule has 0 saturated carbocycles. The van der Waals surface area contributed by atoms with Crippen LogP contribution in [-0.4, -0.2) is 31.0 Å². The zero-order valence-corrected chi connectivity index (χ0v) is 8.33. The van der Waals surface area contributed by atoms with Crippen LogP contribution in [0.3, 0.4) is 0 Å². The van der Waals surface area contributed by atoms with Gasteiger partial charge in [-0.2, -0.15) is 0 Å². The van der Waals surface area contributed by atoms with Gasteiger partial charge < -0.3 is 4.55 Å². The van der Waals surface area contributed by atoms with Gasteiger partial charge in [-0.25, -0.2) is 8.42 Å². The highest BCUT2D eigenvalue weighted by Crippen LogP contribution is 2.21. The van der Waals surface area contributed by atoms with E-state index in [0.717, 1.165) is 5.90 Å². The molecular formula is C3H11O3P2S+. The van der Waals surface area contributed by atoms with Crippen LogP contribution in [-0.2, 0) is 10.1 Å². The molecule has 3 nitrogen and oxygen atoms in total. The first-order valence-electron chi connectivity index (χ1n) is 2.59. The van der Waals surface area contributed by atoms with E-state index in [9.17, 15) is 13.0 Å². The van der Waals surface area contributed by atoms with Gasteiger partial charge in [-0.3, -0.25) is 0 Å². The van der Waals surface area contributed by atoms with E-state index in [2.05, 4.69) is 6.66 Å². The van der Waals surface area contributed by atoms with E-state index in [1.165, 1.54) is 0 Å². The van der Waals surface area contributed by atoms with Crippen molar-refractivity contribution in [2.24, 2.45) is 0 Å². The second-order valence-electron chi connectivity index (χ2n) is 1.66. The minimum Gasteiger partial charge on any atom is -0.745 e. The molecule has 2 atom stereocenters. The van der Waals surface area contributed by atoms with Crippen LogP contribution in [0.5, 0.6) is 0 Å². The molecule has 9 heavy (non-hydrogen) atoms. The molecule has 6 heteroatoms. The standard InChI is InChI=1S/C3H10O3P2S/c1-7-2-8-3-9(4,5)6/h7-8H,2-3H2,1H3,(H,4,5,6)/p+1. The van der Waals surface area contributed by atoms with Crippen molar-refractivity contribution in [3.05, 3.63) is 0 Å². The molecule has 0 aromatic heterocycles. The molecule has 0 aromatic carbocycles. The highest BCUT2D eigenvalue weighted by Gasteiger charge is 2.00. The van der Waals surface area contributed by atoms with Gasteiger partial charge in [-0.05, 0) is 0 Å². The van der Waals surface area contributed by atoms with Gasteiger partial charge in [0.15, 0.2) is 5.90 Å². The second kappa shape index (κ2) is 4.56. The summed E-state index contributed by atoms with van der Waals surface area (Å²) in [7, 11) is -3.64. The maximum atomic E-state index is 9.98. The van der Waals surface area contributed by atoms with Crippen molar-refractivity contribution < 1.29 is 13.0 Å². The Kier molecular flexibility index (Phi) is 4.96. The zero-order valence-electron chi connectivity index (χ0n) is 5.20. The molecule has 2 unspecified atom stereocenters. The van der Waals surface area contributed by atoms with Crippen molar-refractivity contribution in [1.29, 1.82) is 0 Å². The van der Waals surface area contributed by atoms with Crippen LogP contribution < -0.4 is 0 Å². The molecule has 0 aliphatic carbocycles. The Morgan fingerprint density at radius 1 is 1.56 bits per heavy atom. The predicted octanol–water partition coefficient (Wildman–Crippen LogP) is -0.102. The van der Waals surface area contributed by atoms with E-state index in [-0.39, 0.29) is 14.1 Å². The third-order valence-corrected chi connectivity index (χ3v) is 6.52. The summed E-state index contributed by atoms with van der Waals surface area (Å²) in [5.41, 5.74) is -0.103. The summed E-state index contributed by atoms with van der Waals surface area (Å²) in [5, 5.41) is 0. The van der Waals surface area contributed by atoms with Gasteiger partial charge in [0.25, 0.3) is 0 Å². The fourth-order valence-corrected chi connectivity index (χ4v) is 4.64. The lowest BCUT2D eigenvalue weighted by Crippen LogP contribution is -1.98. The summed E-state index contributed by atoms with van der Waals surface area (Å²) < 4.78 is 29.9. The Balaban J connectivity index is 3.30. The Hall–Kier alpha value is 0.770. The molecule has 0 aromatic rings. The summed E-state index contributed by atoms with van der Waals surface area (Å²) in [5.74, 6) is 0.988.